The molecule has 31 heavy (non-hydrogen) atoms. The Morgan fingerprint density at radius 2 is 1.52 bits per heavy atom. The van der Waals surface area contributed by atoms with Gasteiger partial charge in [-0.1, -0.05) is 60.7 Å². The predicted molar refractivity (Wildman–Crippen MR) is 140 cm³/mol. The summed E-state index contributed by atoms with van der Waals surface area (Å²) in [5.41, 5.74) is 2.45. The Balaban J connectivity index is 0.00000480. The molecule has 0 saturated heterocycles. The van der Waals surface area contributed by atoms with Gasteiger partial charge in [0.1, 0.15) is 0 Å². The number of likely N-dealkylation sites (N-methyl/N-ethyl adjacent to an activating group) is 1. The molecule has 0 aliphatic carbocycles. The maximum Gasteiger partial charge on any atom is 0.241 e. The molecule has 1 atom stereocenters. The molecule has 6 nitrogen and oxygen atoms in total. The number of nitrogens with zero attached hydrogens (tertiary/aromatic N) is 3. The van der Waals surface area contributed by atoms with E-state index in [2.05, 4.69) is 58.8 Å². The minimum absolute atomic E-state index is 0. The molecule has 0 saturated carbocycles. The number of hydrogen-bond acceptors (Lipinski definition) is 3. The van der Waals surface area contributed by atoms with Crippen molar-refractivity contribution in [2.45, 2.75) is 32.5 Å². The minimum Gasteiger partial charge on any atom is -0.356 e. The molecule has 7 heteroatoms. The molecule has 170 valence electrons. The number of nitrogens with one attached hydrogen (secondary N) is 2. The molecular formula is C24H36IN5O. The molecular weight excluding hydrogens is 501 g/mol. The number of guanidine groups is 1. The highest BCUT2D eigenvalue weighted by Crippen LogP contribution is 2.08. The summed E-state index contributed by atoms with van der Waals surface area (Å²) in [6.45, 7) is 4.71. The highest BCUT2D eigenvalue weighted by Gasteiger charge is 2.11. The largest absolute Gasteiger partial charge is 0.356 e. The Kier molecular flexibility index (Phi) is 12.8. The summed E-state index contributed by atoms with van der Waals surface area (Å²) in [7, 11) is 5.65. The number of carbonyl (C=O) groups is 1. The number of rotatable bonds is 10. The van der Waals surface area contributed by atoms with Crippen molar-refractivity contribution in [3.8, 4) is 0 Å². The van der Waals surface area contributed by atoms with E-state index in [1.165, 1.54) is 5.56 Å². The molecule has 0 aliphatic rings. The first-order valence-corrected chi connectivity index (χ1v) is 10.5. The van der Waals surface area contributed by atoms with Crippen molar-refractivity contribution in [1.29, 1.82) is 0 Å². The van der Waals surface area contributed by atoms with Gasteiger partial charge in [0.05, 0.1) is 13.1 Å². The van der Waals surface area contributed by atoms with Gasteiger partial charge >= 0.3 is 0 Å². The van der Waals surface area contributed by atoms with Gasteiger partial charge in [0.15, 0.2) is 5.96 Å². The fourth-order valence-corrected chi connectivity index (χ4v) is 2.89. The number of hydrogen-bond donors (Lipinski definition) is 2. The Morgan fingerprint density at radius 3 is 2.10 bits per heavy atom. The molecule has 0 radical (unpaired) electrons. The van der Waals surface area contributed by atoms with Crippen LogP contribution in [0.25, 0.3) is 0 Å². The summed E-state index contributed by atoms with van der Waals surface area (Å²) in [5, 5.41) is 6.52. The summed E-state index contributed by atoms with van der Waals surface area (Å²) in [6, 6.07) is 21.0. The fourth-order valence-electron chi connectivity index (χ4n) is 2.89. The first-order valence-electron chi connectivity index (χ1n) is 10.5. The van der Waals surface area contributed by atoms with Crippen LogP contribution in [0.2, 0.25) is 0 Å². The lowest BCUT2D eigenvalue weighted by molar-refractivity contribution is -0.127. The lowest BCUT2D eigenvalue weighted by Crippen LogP contribution is -2.44. The van der Waals surface area contributed by atoms with Crippen LogP contribution in [0.4, 0.5) is 0 Å². The maximum absolute atomic E-state index is 11.9. The van der Waals surface area contributed by atoms with E-state index in [1.807, 2.05) is 36.4 Å². The lowest BCUT2D eigenvalue weighted by atomic mass is 10.1. The minimum atomic E-state index is 0. The van der Waals surface area contributed by atoms with E-state index in [0.29, 0.717) is 18.5 Å². The summed E-state index contributed by atoms with van der Waals surface area (Å²) in [4.78, 5) is 20.5. The molecule has 0 aliphatic heterocycles. The van der Waals surface area contributed by atoms with Gasteiger partial charge in [0.2, 0.25) is 5.91 Å². The van der Waals surface area contributed by atoms with Gasteiger partial charge in [-0.15, -0.1) is 24.0 Å². The van der Waals surface area contributed by atoms with E-state index in [0.717, 1.165) is 25.1 Å². The number of amides is 1. The van der Waals surface area contributed by atoms with Crippen molar-refractivity contribution >= 4 is 35.8 Å². The van der Waals surface area contributed by atoms with Crippen molar-refractivity contribution < 1.29 is 4.79 Å². The quantitative estimate of drug-likeness (QED) is 0.278. The summed E-state index contributed by atoms with van der Waals surface area (Å²) < 4.78 is 0. The lowest BCUT2D eigenvalue weighted by Gasteiger charge is -2.25. The second kappa shape index (κ2) is 14.8. The first-order chi connectivity index (χ1) is 14.5. The number of aliphatic imine (C=N–C) groups is 1. The van der Waals surface area contributed by atoms with Crippen LogP contribution in [-0.2, 0) is 17.9 Å². The van der Waals surface area contributed by atoms with Gasteiger partial charge in [0.25, 0.3) is 0 Å². The standard InChI is InChI=1S/C24H35N5O.HI/c1-20(29(4)19-22-13-9-6-10-14-22)15-16-25-24(27-18-23(30)28(2)3)26-17-21-11-7-5-8-12-21;/h5-14,20H,15-19H2,1-4H3,(H2,25,26,27);1H. The van der Waals surface area contributed by atoms with Crippen LogP contribution in [0.5, 0.6) is 0 Å². The Hall–Kier alpha value is -2.13. The van der Waals surface area contributed by atoms with Crippen LogP contribution in [0.15, 0.2) is 65.7 Å². The second-order valence-electron chi connectivity index (χ2n) is 7.76. The second-order valence-corrected chi connectivity index (χ2v) is 7.76. The van der Waals surface area contributed by atoms with Gasteiger partial charge in [-0.2, -0.15) is 0 Å². The number of benzene rings is 2. The average Bonchev–Trinajstić information content (AvgIpc) is 2.76. The fraction of sp³-hybridized carbons (Fsp3) is 0.417. The van der Waals surface area contributed by atoms with Crippen molar-refractivity contribution in [3.05, 3.63) is 71.8 Å². The zero-order valence-electron chi connectivity index (χ0n) is 19.0. The van der Waals surface area contributed by atoms with Crippen molar-refractivity contribution in [1.82, 2.24) is 20.4 Å². The molecule has 2 aromatic carbocycles. The Bertz CT molecular complexity index is 783. The van der Waals surface area contributed by atoms with E-state index in [9.17, 15) is 4.79 Å². The molecule has 0 aromatic heterocycles. The van der Waals surface area contributed by atoms with Gasteiger partial charge in [-0.05, 0) is 31.5 Å². The van der Waals surface area contributed by atoms with Crippen molar-refractivity contribution in [3.63, 3.8) is 0 Å². The monoisotopic (exact) mass is 537 g/mol. The van der Waals surface area contributed by atoms with Crippen molar-refractivity contribution in [2.24, 2.45) is 4.99 Å². The maximum atomic E-state index is 11.9. The van der Waals surface area contributed by atoms with E-state index >= 15 is 0 Å². The van der Waals surface area contributed by atoms with Gasteiger partial charge < -0.3 is 15.5 Å². The predicted octanol–water partition coefficient (Wildman–Crippen LogP) is 3.34. The topological polar surface area (TPSA) is 60.0 Å². The zero-order chi connectivity index (χ0) is 21.8. The highest BCUT2D eigenvalue weighted by molar-refractivity contribution is 14.0. The van der Waals surface area contributed by atoms with Gasteiger partial charge in [0, 0.05) is 33.2 Å². The molecule has 2 rings (SSSR count). The molecule has 0 spiro atoms. The SMILES string of the molecule is CC(CCNC(=NCc1ccccc1)NCC(=O)N(C)C)N(C)Cc1ccccc1.I. The average molecular weight is 537 g/mol. The Labute approximate surface area is 204 Å². The van der Waals surface area contributed by atoms with Crippen molar-refractivity contribution in [2.75, 3.05) is 34.2 Å². The van der Waals surface area contributed by atoms with E-state index in [4.69, 9.17) is 0 Å². The van der Waals surface area contributed by atoms with E-state index in [1.54, 1.807) is 19.0 Å². The summed E-state index contributed by atoms with van der Waals surface area (Å²) in [6.07, 6.45) is 0.969. The van der Waals surface area contributed by atoms with Crippen LogP contribution in [0, 0.1) is 0 Å². The third-order valence-electron chi connectivity index (χ3n) is 5.05. The van der Waals surface area contributed by atoms with E-state index in [-0.39, 0.29) is 36.4 Å². The van der Waals surface area contributed by atoms with Crippen LogP contribution in [-0.4, -0.2) is 61.9 Å². The van der Waals surface area contributed by atoms with Crippen LogP contribution >= 0.6 is 24.0 Å². The normalized spacial score (nSPS) is 12.1. The first kappa shape index (κ1) is 26.9. The van der Waals surface area contributed by atoms with Crippen LogP contribution < -0.4 is 10.6 Å². The number of halogens is 1. The third kappa shape index (κ3) is 10.6. The molecule has 2 N–H and O–H groups in total. The smallest absolute Gasteiger partial charge is 0.241 e. The van der Waals surface area contributed by atoms with Gasteiger partial charge in [-0.3, -0.25) is 9.69 Å². The molecule has 0 bridgehead atoms. The summed E-state index contributed by atoms with van der Waals surface area (Å²) in [5.74, 6) is 0.673. The number of carbonyl (C=O) groups excluding carboxylic acids is 1. The third-order valence-corrected chi connectivity index (χ3v) is 5.05. The molecule has 1 unspecified atom stereocenters. The molecule has 0 fully saturated rings. The zero-order valence-corrected chi connectivity index (χ0v) is 21.4. The molecule has 2 aromatic rings. The molecule has 0 heterocycles. The van der Waals surface area contributed by atoms with Gasteiger partial charge in [-0.25, -0.2) is 4.99 Å². The van der Waals surface area contributed by atoms with E-state index < -0.39 is 0 Å². The summed E-state index contributed by atoms with van der Waals surface area (Å²) >= 11 is 0. The Morgan fingerprint density at radius 1 is 0.935 bits per heavy atom. The highest BCUT2D eigenvalue weighted by atomic mass is 127. The van der Waals surface area contributed by atoms with Crippen LogP contribution in [0.1, 0.15) is 24.5 Å². The molecule has 1 amide bonds. The van der Waals surface area contributed by atoms with Crippen LogP contribution in [0.3, 0.4) is 0 Å².